The zero-order valence-electron chi connectivity index (χ0n) is 15.4. The van der Waals surface area contributed by atoms with E-state index in [1.807, 2.05) is 56.3 Å². The van der Waals surface area contributed by atoms with Crippen molar-refractivity contribution >= 4 is 22.8 Å². The molecule has 0 aliphatic rings. The number of hydrogen-bond acceptors (Lipinski definition) is 3. The molecule has 2 aromatic carbocycles. The molecular formula is C20H22N4O3. The Labute approximate surface area is 157 Å². The molecule has 0 saturated carbocycles. The van der Waals surface area contributed by atoms with Crippen molar-refractivity contribution in [2.75, 3.05) is 7.11 Å². The van der Waals surface area contributed by atoms with Gasteiger partial charge in [-0.25, -0.2) is 10.2 Å². The minimum absolute atomic E-state index is 0.301. The number of nitrogens with one attached hydrogen (secondary N) is 4. The lowest BCUT2D eigenvalue weighted by Gasteiger charge is -2.18. The van der Waals surface area contributed by atoms with Gasteiger partial charge in [-0.2, -0.15) is 0 Å². The molecule has 3 aromatic rings. The van der Waals surface area contributed by atoms with E-state index in [1.54, 1.807) is 13.3 Å². The van der Waals surface area contributed by atoms with Gasteiger partial charge < -0.3 is 15.0 Å². The number of rotatable bonds is 4. The molecule has 4 N–H and O–H groups in total. The van der Waals surface area contributed by atoms with Crippen LogP contribution in [0.4, 0.5) is 4.79 Å². The summed E-state index contributed by atoms with van der Waals surface area (Å²) in [4.78, 5) is 27.5. The largest absolute Gasteiger partial charge is 0.496 e. The highest BCUT2D eigenvalue weighted by Crippen LogP contribution is 2.25. The Balaban J connectivity index is 1.61. The third kappa shape index (κ3) is 4.03. The molecule has 3 amide bonds. The van der Waals surface area contributed by atoms with E-state index in [0.717, 1.165) is 22.0 Å². The predicted octanol–water partition coefficient (Wildman–Crippen LogP) is 3.19. The van der Waals surface area contributed by atoms with Crippen LogP contribution >= 0.6 is 0 Å². The summed E-state index contributed by atoms with van der Waals surface area (Å²) in [6, 6.07) is 12.4. The minimum Gasteiger partial charge on any atom is -0.496 e. The second kappa shape index (κ2) is 7.82. The van der Waals surface area contributed by atoms with E-state index >= 15 is 0 Å². The zero-order valence-corrected chi connectivity index (χ0v) is 15.4. The molecular weight excluding hydrogens is 344 g/mol. The van der Waals surface area contributed by atoms with E-state index in [4.69, 9.17) is 4.74 Å². The number of hydrazine groups is 1. The summed E-state index contributed by atoms with van der Waals surface area (Å²) in [5.41, 5.74) is 8.04. The average Bonchev–Trinajstić information content (AvgIpc) is 3.10. The van der Waals surface area contributed by atoms with Gasteiger partial charge in [0.15, 0.2) is 0 Å². The molecule has 1 atom stereocenters. The van der Waals surface area contributed by atoms with Crippen molar-refractivity contribution < 1.29 is 14.3 Å². The van der Waals surface area contributed by atoms with E-state index in [2.05, 4.69) is 21.2 Å². The van der Waals surface area contributed by atoms with Crippen LogP contribution in [-0.2, 0) is 0 Å². The second-order valence-corrected chi connectivity index (χ2v) is 6.27. The molecule has 1 unspecified atom stereocenters. The summed E-state index contributed by atoms with van der Waals surface area (Å²) >= 11 is 0. The number of aromatic amines is 1. The van der Waals surface area contributed by atoms with Crippen molar-refractivity contribution in [1.82, 2.24) is 21.2 Å². The van der Waals surface area contributed by atoms with Gasteiger partial charge in [-0.1, -0.05) is 35.9 Å². The first-order valence-electron chi connectivity index (χ1n) is 8.57. The number of carbonyl (C=O) groups excluding carboxylic acids is 2. The van der Waals surface area contributed by atoms with Gasteiger partial charge in [0.1, 0.15) is 5.75 Å². The Morgan fingerprint density at radius 2 is 1.89 bits per heavy atom. The molecule has 0 saturated heterocycles. The fourth-order valence-corrected chi connectivity index (χ4v) is 2.94. The Morgan fingerprint density at radius 3 is 2.67 bits per heavy atom. The van der Waals surface area contributed by atoms with Gasteiger partial charge in [-0.3, -0.25) is 10.2 Å². The van der Waals surface area contributed by atoms with Crippen LogP contribution in [-0.4, -0.2) is 24.0 Å². The van der Waals surface area contributed by atoms with E-state index in [1.165, 1.54) is 0 Å². The number of H-pyrrole nitrogens is 1. The number of aryl methyl sites for hydroxylation is 1. The molecule has 3 rings (SSSR count). The SMILES string of the molecule is COc1ccc(C)cc1C(C)NC(=O)NNC(=O)c1c[nH]c2ccccc12. The van der Waals surface area contributed by atoms with Crippen molar-refractivity contribution in [3.05, 3.63) is 65.4 Å². The van der Waals surface area contributed by atoms with Gasteiger partial charge in [-0.15, -0.1) is 0 Å². The normalized spacial score (nSPS) is 11.7. The molecule has 1 heterocycles. The number of methoxy groups -OCH3 is 1. The Hall–Kier alpha value is -3.48. The van der Waals surface area contributed by atoms with Gasteiger partial charge in [0.2, 0.25) is 0 Å². The summed E-state index contributed by atoms with van der Waals surface area (Å²) in [6.07, 6.45) is 1.61. The predicted molar refractivity (Wildman–Crippen MR) is 104 cm³/mol. The van der Waals surface area contributed by atoms with Crippen LogP contribution in [0.3, 0.4) is 0 Å². The lowest BCUT2D eigenvalue weighted by Crippen LogP contribution is -2.47. The summed E-state index contributed by atoms with van der Waals surface area (Å²) < 4.78 is 5.35. The first-order valence-corrected chi connectivity index (χ1v) is 8.57. The van der Waals surface area contributed by atoms with Crippen molar-refractivity contribution in [2.24, 2.45) is 0 Å². The molecule has 1 aromatic heterocycles. The average molecular weight is 366 g/mol. The summed E-state index contributed by atoms with van der Waals surface area (Å²) in [6.45, 7) is 3.81. The van der Waals surface area contributed by atoms with Crippen molar-refractivity contribution in [3.63, 3.8) is 0 Å². The van der Waals surface area contributed by atoms with Crippen molar-refractivity contribution in [2.45, 2.75) is 19.9 Å². The highest BCUT2D eigenvalue weighted by molar-refractivity contribution is 6.07. The Bertz CT molecular complexity index is 980. The first-order chi connectivity index (χ1) is 13.0. The van der Waals surface area contributed by atoms with Crippen LogP contribution in [0.1, 0.15) is 34.5 Å². The number of para-hydroxylation sites is 1. The van der Waals surface area contributed by atoms with Crippen molar-refractivity contribution in [1.29, 1.82) is 0 Å². The van der Waals surface area contributed by atoms with Gasteiger partial charge in [0.25, 0.3) is 5.91 Å². The maximum absolute atomic E-state index is 12.3. The maximum Gasteiger partial charge on any atom is 0.333 e. The molecule has 140 valence electrons. The highest BCUT2D eigenvalue weighted by atomic mass is 16.5. The van der Waals surface area contributed by atoms with E-state index in [-0.39, 0.29) is 6.04 Å². The number of fused-ring (bicyclic) bond motifs is 1. The smallest absolute Gasteiger partial charge is 0.333 e. The summed E-state index contributed by atoms with van der Waals surface area (Å²) in [7, 11) is 1.59. The number of carbonyl (C=O) groups is 2. The Kier molecular flexibility index (Phi) is 5.30. The zero-order chi connectivity index (χ0) is 19.4. The van der Waals surface area contributed by atoms with Crippen molar-refractivity contribution in [3.8, 4) is 5.75 Å². The number of aromatic nitrogens is 1. The standard InChI is InChI=1S/C20H22N4O3/c1-12-8-9-18(27-3)15(10-12)13(2)22-20(26)24-23-19(25)16-11-21-17-7-5-4-6-14(16)17/h4-11,13,21H,1-3H3,(H,23,25)(H2,22,24,26). The van der Waals surface area contributed by atoms with Gasteiger partial charge in [0.05, 0.1) is 18.7 Å². The summed E-state index contributed by atoms with van der Waals surface area (Å²) in [5, 5.41) is 3.57. The molecule has 0 aliphatic carbocycles. The number of amides is 3. The lowest BCUT2D eigenvalue weighted by molar-refractivity contribution is 0.0937. The van der Waals surface area contributed by atoms with Gasteiger partial charge in [-0.05, 0) is 26.0 Å². The van der Waals surface area contributed by atoms with Crippen LogP contribution in [0.25, 0.3) is 10.9 Å². The fourth-order valence-electron chi connectivity index (χ4n) is 2.94. The third-order valence-electron chi connectivity index (χ3n) is 4.32. The molecule has 0 fully saturated rings. The third-order valence-corrected chi connectivity index (χ3v) is 4.32. The second-order valence-electron chi connectivity index (χ2n) is 6.27. The number of benzene rings is 2. The van der Waals surface area contributed by atoms with Gasteiger partial charge >= 0.3 is 6.03 Å². The van der Waals surface area contributed by atoms with Crippen LogP contribution in [0.5, 0.6) is 5.75 Å². The number of ether oxygens (including phenoxy) is 1. The topological polar surface area (TPSA) is 95.2 Å². The lowest BCUT2D eigenvalue weighted by atomic mass is 10.0. The quantitative estimate of drug-likeness (QED) is 0.534. The van der Waals surface area contributed by atoms with E-state index in [0.29, 0.717) is 11.3 Å². The molecule has 0 aliphatic heterocycles. The van der Waals surface area contributed by atoms with Gasteiger partial charge in [0, 0.05) is 22.7 Å². The van der Waals surface area contributed by atoms with E-state index in [9.17, 15) is 9.59 Å². The van der Waals surface area contributed by atoms with Crippen LogP contribution in [0.2, 0.25) is 0 Å². The molecule has 0 bridgehead atoms. The van der Waals surface area contributed by atoms with Crippen LogP contribution < -0.4 is 20.9 Å². The number of urea groups is 1. The van der Waals surface area contributed by atoms with Crippen LogP contribution in [0, 0.1) is 6.92 Å². The van der Waals surface area contributed by atoms with Crippen LogP contribution in [0.15, 0.2) is 48.7 Å². The first kappa shape index (κ1) is 18.3. The minimum atomic E-state index is -0.515. The summed E-state index contributed by atoms with van der Waals surface area (Å²) in [5.74, 6) is 0.291. The number of hydrogen-bond donors (Lipinski definition) is 4. The molecule has 7 nitrogen and oxygen atoms in total. The molecule has 7 heteroatoms. The molecule has 0 spiro atoms. The molecule has 0 radical (unpaired) electrons. The Morgan fingerprint density at radius 1 is 1.11 bits per heavy atom. The fraction of sp³-hybridized carbons (Fsp3) is 0.200. The van der Waals surface area contributed by atoms with E-state index < -0.39 is 11.9 Å². The maximum atomic E-state index is 12.3. The molecule has 27 heavy (non-hydrogen) atoms. The monoisotopic (exact) mass is 366 g/mol. The highest BCUT2D eigenvalue weighted by Gasteiger charge is 2.16.